The van der Waals surface area contributed by atoms with E-state index in [-0.39, 0.29) is 42.8 Å². The molecule has 44 heavy (non-hydrogen) atoms. The highest BCUT2D eigenvalue weighted by molar-refractivity contribution is 6.03. The number of benzene rings is 1. The van der Waals surface area contributed by atoms with Crippen molar-refractivity contribution < 1.29 is 29.0 Å². The summed E-state index contributed by atoms with van der Waals surface area (Å²) in [4.78, 5) is 49.0. The molecule has 7 atom stereocenters. The number of rotatable bonds is 16. The number of ether oxygens (including phenoxy) is 2. The Morgan fingerprint density at radius 2 is 1.84 bits per heavy atom. The fourth-order valence-electron chi connectivity index (χ4n) is 7.89. The minimum absolute atomic E-state index is 0.00332. The standard InChI is InChI=1S/C35H51N3O6/c1-8-14-25(6)36(19-9-2)33(42)30-35-23-24(5)34(7,44-35)28(29(35)32(41)38(30)21-12-13-22-39)31(40)37(20-10-3)26-15-17-27(18-16-26)43-11-4/h9-10,15-18,24-25,28-30,39H,2-3,8,11-14,19-23H2,1,4-7H3/t24?,25?,28-,29-,30?,34+,35?/m0/s1. The molecular weight excluding hydrogens is 558 g/mol. The van der Waals surface area contributed by atoms with E-state index >= 15 is 0 Å². The van der Waals surface area contributed by atoms with E-state index < -0.39 is 29.1 Å². The maximum atomic E-state index is 14.7. The molecule has 9 nitrogen and oxygen atoms in total. The van der Waals surface area contributed by atoms with Crippen molar-refractivity contribution in [3.63, 3.8) is 0 Å². The number of aliphatic hydroxyl groups excluding tert-OH is 1. The van der Waals surface area contributed by atoms with E-state index in [0.717, 1.165) is 12.8 Å². The number of nitrogens with zero attached hydrogens (tertiary/aromatic N) is 3. The molecule has 4 rings (SSSR count). The number of anilines is 1. The Kier molecular flexibility index (Phi) is 10.6. The van der Waals surface area contributed by atoms with Gasteiger partial charge < -0.3 is 29.3 Å². The zero-order valence-corrected chi connectivity index (χ0v) is 27.2. The Morgan fingerprint density at radius 3 is 2.43 bits per heavy atom. The molecule has 3 heterocycles. The third kappa shape index (κ3) is 5.69. The summed E-state index contributed by atoms with van der Waals surface area (Å²) in [5.41, 5.74) is -1.39. The molecule has 1 aromatic carbocycles. The third-order valence-electron chi connectivity index (χ3n) is 10.0. The molecule has 0 aromatic heterocycles. The van der Waals surface area contributed by atoms with Crippen LogP contribution in [0.25, 0.3) is 0 Å². The van der Waals surface area contributed by atoms with Gasteiger partial charge in [0.25, 0.3) is 0 Å². The summed E-state index contributed by atoms with van der Waals surface area (Å²) in [5, 5.41) is 9.51. The first-order chi connectivity index (χ1) is 21.1. The molecular formula is C35H51N3O6. The van der Waals surface area contributed by atoms with Crippen molar-refractivity contribution in [3.05, 3.63) is 49.6 Å². The number of aliphatic hydroxyl groups is 1. The number of carbonyl (C=O) groups excluding carboxylic acids is 3. The van der Waals surface area contributed by atoms with Crippen molar-refractivity contribution in [3.8, 4) is 5.75 Å². The van der Waals surface area contributed by atoms with Crippen LogP contribution in [0, 0.1) is 17.8 Å². The first-order valence-electron chi connectivity index (χ1n) is 16.2. The number of hydrogen-bond donors (Lipinski definition) is 1. The average molecular weight is 610 g/mol. The molecule has 1 spiro atoms. The minimum Gasteiger partial charge on any atom is -0.494 e. The molecule has 0 aliphatic carbocycles. The zero-order chi connectivity index (χ0) is 32.2. The maximum absolute atomic E-state index is 14.7. The van der Waals surface area contributed by atoms with Gasteiger partial charge in [0.05, 0.1) is 24.0 Å². The Morgan fingerprint density at radius 1 is 1.16 bits per heavy atom. The van der Waals surface area contributed by atoms with Crippen LogP contribution in [-0.2, 0) is 19.1 Å². The molecule has 2 bridgehead atoms. The van der Waals surface area contributed by atoms with Gasteiger partial charge in [0.2, 0.25) is 17.7 Å². The molecule has 1 aromatic rings. The summed E-state index contributed by atoms with van der Waals surface area (Å²) in [7, 11) is 0. The first kappa shape index (κ1) is 33.7. The highest BCUT2D eigenvalue weighted by atomic mass is 16.5. The second kappa shape index (κ2) is 13.9. The van der Waals surface area contributed by atoms with Gasteiger partial charge >= 0.3 is 0 Å². The van der Waals surface area contributed by atoms with Crippen molar-refractivity contribution >= 4 is 23.4 Å². The summed E-state index contributed by atoms with van der Waals surface area (Å²) in [6.07, 6.45) is 6.68. The summed E-state index contributed by atoms with van der Waals surface area (Å²) in [6.45, 7) is 19.3. The maximum Gasteiger partial charge on any atom is 0.248 e. The summed E-state index contributed by atoms with van der Waals surface area (Å²) < 4.78 is 12.6. The third-order valence-corrected chi connectivity index (χ3v) is 10.0. The fourth-order valence-corrected chi connectivity index (χ4v) is 7.89. The Hall–Kier alpha value is -3.17. The number of carbonyl (C=O) groups is 3. The number of likely N-dealkylation sites (tertiary alicyclic amines) is 1. The van der Waals surface area contributed by atoms with Gasteiger partial charge in [-0.1, -0.05) is 32.4 Å². The largest absolute Gasteiger partial charge is 0.494 e. The molecule has 242 valence electrons. The smallest absolute Gasteiger partial charge is 0.248 e. The van der Waals surface area contributed by atoms with Crippen LogP contribution in [0.5, 0.6) is 5.75 Å². The Bertz CT molecular complexity index is 1220. The van der Waals surface area contributed by atoms with Gasteiger partial charge in [-0.15, -0.1) is 13.2 Å². The Labute approximate surface area is 262 Å². The minimum atomic E-state index is -1.13. The van der Waals surface area contributed by atoms with Gasteiger partial charge in [-0.2, -0.15) is 0 Å². The molecule has 3 fully saturated rings. The SMILES string of the molecule is C=CCN(C(=O)[C@@H]1[C@H]2C(=O)N(CCCCO)C(C(=O)N(CC=C)C(C)CCC)C23CC(C)[C@@]1(C)O3)c1ccc(OCC)cc1. The van der Waals surface area contributed by atoms with Crippen molar-refractivity contribution in [2.45, 2.75) is 90.0 Å². The van der Waals surface area contributed by atoms with Gasteiger partial charge in [-0.25, -0.2) is 0 Å². The molecule has 0 radical (unpaired) electrons. The molecule has 4 unspecified atom stereocenters. The predicted octanol–water partition coefficient (Wildman–Crippen LogP) is 4.59. The van der Waals surface area contributed by atoms with Crippen molar-refractivity contribution in [1.29, 1.82) is 0 Å². The van der Waals surface area contributed by atoms with E-state index in [1.165, 1.54) is 0 Å². The molecule has 3 saturated heterocycles. The molecule has 3 aliphatic rings. The van der Waals surface area contributed by atoms with E-state index in [1.807, 2.05) is 49.9 Å². The number of hydrogen-bond acceptors (Lipinski definition) is 6. The Balaban J connectivity index is 1.79. The van der Waals surface area contributed by atoms with E-state index in [0.29, 0.717) is 50.4 Å². The van der Waals surface area contributed by atoms with Crippen LogP contribution in [0.15, 0.2) is 49.6 Å². The van der Waals surface area contributed by atoms with Crippen LogP contribution in [0.4, 0.5) is 5.69 Å². The lowest BCUT2D eigenvalue weighted by atomic mass is 9.62. The van der Waals surface area contributed by atoms with Crippen LogP contribution in [0.1, 0.15) is 66.7 Å². The van der Waals surface area contributed by atoms with Gasteiger partial charge in [0.15, 0.2) is 0 Å². The van der Waals surface area contributed by atoms with Crippen molar-refractivity contribution in [2.75, 3.05) is 37.7 Å². The monoisotopic (exact) mass is 609 g/mol. The van der Waals surface area contributed by atoms with Crippen LogP contribution in [0.2, 0.25) is 0 Å². The number of fused-ring (bicyclic) bond motifs is 1. The van der Waals surface area contributed by atoms with Gasteiger partial charge in [-0.05, 0) is 76.6 Å². The van der Waals surface area contributed by atoms with E-state index in [9.17, 15) is 19.5 Å². The summed E-state index contributed by atoms with van der Waals surface area (Å²) >= 11 is 0. The van der Waals surface area contributed by atoms with E-state index in [1.54, 1.807) is 22.0 Å². The number of unbranched alkanes of at least 4 members (excludes halogenated alkanes) is 1. The lowest BCUT2D eigenvalue weighted by molar-refractivity contribution is -0.153. The highest BCUT2D eigenvalue weighted by Crippen LogP contribution is 2.65. The highest BCUT2D eigenvalue weighted by Gasteiger charge is 2.80. The second-order valence-corrected chi connectivity index (χ2v) is 12.7. The second-order valence-electron chi connectivity index (χ2n) is 12.7. The zero-order valence-electron chi connectivity index (χ0n) is 27.2. The van der Waals surface area contributed by atoms with Gasteiger partial charge in [0.1, 0.15) is 17.4 Å². The fraction of sp³-hybridized carbons (Fsp3) is 0.629. The normalized spacial score (nSPS) is 29.3. The first-order valence-corrected chi connectivity index (χ1v) is 16.2. The van der Waals surface area contributed by atoms with Crippen LogP contribution < -0.4 is 9.64 Å². The van der Waals surface area contributed by atoms with E-state index in [4.69, 9.17) is 9.47 Å². The predicted molar refractivity (Wildman–Crippen MR) is 171 cm³/mol. The van der Waals surface area contributed by atoms with Crippen LogP contribution in [0.3, 0.4) is 0 Å². The van der Waals surface area contributed by atoms with Gasteiger partial charge in [-0.3, -0.25) is 14.4 Å². The molecule has 3 aliphatic heterocycles. The molecule has 3 amide bonds. The molecule has 1 N–H and O–H groups in total. The van der Waals surface area contributed by atoms with Gasteiger partial charge in [0, 0.05) is 38.0 Å². The number of amides is 3. The molecule has 9 heteroatoms. The van der Waals surface area contributed by atoms with Crippen LogP contribution in [-0.4, -0.2) is 88.8 Å². The summed E-state index contributed by atoms with van der Waals surface area (Å²) in [6, 6.07) is 6.42. The lowest BCUT2D eigenvalue weighted by Crippen LogP contribution is -2.58. The molecule has 0 saturated carbocycles. The summed E-state index contributed by atoms with van der Waals surface area (Å²) in [5.74, 6) is -1.55. The van der Waals surface area contributed by atoms with Crippen LogP contribution >= 0.6 is 0 Å². The van der Waals surface area contributed by atoms with Crippen molar-refractivity contribution in [2.24, 2.45) is 17.8 Å². The van der Waals surface area contributed by atoms with Crippen molar-refractivity contribution in [1.82, 2.24) is 9.80 Å². The lowest BCUT2D eigenvalue weighted by Gasteiger charge is -2.40. The van der Waals surface area contributed by atoms with E-state index in [2.05, 4.69) is 27.0 Å². The topological polar surface area (TPSA) is 99.6 Å². The average Bonchev–Trinajstić information content (AvgIpc) is 3.51. The quantitative estimate of drug-likeness (QED) is 0.218.